The molecule has 0 spiro atoms. The zero-order valence-electron chi connectivity index (χ0n) is 17.2. The van der Waals surface area contributed by atoms with Crippen molar-refractivity contribution in [3.8, 4) is 22.9 Å². The fourth-order valence-electron chi connectivity index (χ4n) is 2.34. The van der Waals surface area contributed by atoms with Crippen LogP contribution in [0.5, 0.6) is 0 Å². The molecule has 4 nitrogen and oxygen atoms in total. The van der Waals surface area contributed by atoms with E-state index in [1.165, 1.54) is 4.31 Å². The molecule has 2 unspecified atom stereocenters. The van der Waals surface area contributed by atoms with Gasteiger partial charge in [-0.15, -0.1) is 11.1 Å². The number of sulfonamides is 1. The van der Waals surface area contributed by atoms with Crippen molar-refractivity contribution in [1.29, 1.82) is 0 Å². The van der Waals surface area contributed by atoms with E-state index in [0.717, 1.165) is 5.56 Å². The van der Waals surface area contributed by atoms with Gasteiger partial charge < -0.3 is 5.11 Å². The zero-order chi connectivity index (χ0) is 20.7. The molecule has 2 rings (SSSR count). The Kier molecular flexibility index (Phi) is 5.88. The van der Waals surface area contributed by atoms with Crippen LogP contribution in [0.2, 0.25) is 39.3 Å². The highest BCUT2D eigenvalue weighted by Gasteiger charge is 2.55. The van der Waals surface area contributed by atoms with Gasteiger partial charge in [0.25, 0.3) is 0 Å². The first-order valence-corrected chi connectivity index (χ1v) is 17.5. The van der Waals surface area contributed by atoms with E-state index in [9.17, 15) is 13.5 Å². The molecule has 1 saturated heterocycles. The fourth-order valence-corrected chi connectivity index (χ4v) is 5.05. The topological polar surface area (TPSA) is 57.4 Å². The molecule has 1 N–H and O–H groups in total. The molecular weight excluding hydrogens is 390 g/mol. The van der Waals surface area contributed by atoms with Gasteiger partial charge in [0.1, 0.15) is 16.1 Å². The van der Waals surface area contributed by atoms with E-state index in [-0.39, 0.29) is 11.4 Å². The maximum Gasteiger partial charge on any atom is 0.243 e. The number of hydrogen-bond acceptors (Lipinski definition) is 3. The Balaban J connectivity index is 2.39. The molecule has 1 fully saturated rings. The molecule has 0 bridgehead atoms. The quantitative estimate of drug-likeness (QED) is 0.466. The summed E-state index contributed by atoms with van der Waals surface area (Å²) in [5.41, 5.74) is 5.71. The van der Waals surface area contributed by atoms with Gasteiger partial charge >= 0.3 is 0 Å². The molecule has 1 aliphatic rings. The minimum absolute atomic E-state index is 0.230. The second-order valence-corrected chi connectivity index (χ2v) is 20.6. The van der Waals surface area contributed by atoms with Crippen molar-refractivity contribution < 1.29 is 13.5 Å². The third kappa shape index (κ3) is 5.81. The Labute approximate surface area is 166 Å². The molecule has 7 heteroatoms. The van der Waals surface area contributed by atoms with Crippen LogP contribution in [0.1, 0.15) is 5.56 Å². The second kappa shape index (κ2) is 7.23. The Bertz CT molecular complexity index is 902. The van der Waals surface area contributed by atoms with Crippen LogP contribution in [0.4, 0.5) is 0 Å². The predicted octanol–water partition coefficient (Wildman–Crippen LogP) is 2.86. The van der Waals surface area contributed by atoms with Gasteiger partial charge in [-0.3, -0.25) is 0 Å². The fraction of sp³-hybridized carbons (Fsp3) is 0.500. The van der Waals surface area contributed by atoms with Gasteiger partial charge in [-0.1, -0.05) is 68.8 Å². The normalized spacial score (nSPS) is 20.1. The zero-order valence-corrected chi connectivity index (χ0v) is 20.0. The minimum atomic E-state index is -3.66. The molecule has 0 aromatic heterocycles. The van der Waals surface area contributed by atoms with E-state index < -0.39 is 37.8 Å². The lowest BCUT2D eigenvalue weighted by Gasteiger charge is -2.18. The maximum absolute atomic E-state index is 12.9. The van der Waals surface area contributed by atoms with Crippen molar-refractivity contribution >= 4 is 26.2 Å². The van der Waals surface area contributed by atoms with Crippen molar-refractivity contribution in [2.45, 2.75) is 62.7 Å². The molecule has 0 aliphatic carbocycles. The number of nitrogens with zero attached hydrogens (tertiary/aromatic N) is 1. The largest absolute Gasteiger partial charge is 0.366 e. The number of aryl methyl sites for hydroxylation is 1. The van der Waals surface area contributed by atoms with Gasteiger partial charge in [0, 0.05) is 6.54 Å². The molecule has 1 heterocycles. The summed E-state index contributed by atoms with van der Waals surface area (Å²) >= 11 is 0. The number of benzene rings is 1. The SMILES string of the molecule is Cc1ccc(S(=O)(=O)N2CC2C(O)(C#C[Si](C)(C)C)C#C[Si](C)(C)C)cc1. The number of aliphatic hydroxyl groups is 1. The van der Waals surface area contributed by atoms with E-state index in [1.807, 2.05) is 6.92 Å². The monoisotopic (exact) mass is 419 g/mol. The average Bonchev–Trinajstić information content (AvgIpc) is 3.32. The number of hydrogen-bond donors (Lipinski definition) is 1. The molecule has 0 amide bonds. The summed E-state index contributed by atoms with van der Waals surface area (Å²) in [6.07, 6.45) is 0. The molecular formula is C20H29NO3SSi2. The standard InChI is InChI=1S/C20H29NO3SSi2/c1-17-8-10-18(11-9-17)25(23,24)21-16-19(21)20(22,12-14-26(2,3)4)13-15-27(5,6)7/h8-11,19,22H,16H2,1-7H3. The minimum Gasteiger partial charge on any atom is -0.366 e. The summed E-state index contributed by atoms with van der Waals surface area (Å²) in [4.78, 5) is 0.231. The first-order chi connectivity index (χ1) is 12.1. The number of rotatable bonds is 3. The van der Waals surface area contributed by atoms with Crippen molar-refractivity contribution in [1.82, 2.24) is 4.31 Å². The summed E-state index contributed by atoms with van der Waals surface area (Å²) in [6.45, 7) is 14.6. The predicted molar refractivity (Wildman–Crippen MR) is 116 cm³/mol. The van der Waals surface area contributed by atoms with Gasteiger partial charge in [-0.05, 0) is 19.1 Å². The molecule has 1 aliphatic heterocycles. The third-order valence-electron chi connectivity index (χ3n) is 3.93. The van der Waals surface area contributed by atoms with Crippen molar-refractivity contribution in [2.24, 2.45) is 0 Å². The summed E-state index contributed by atoms with van der Waals surface area (Å²) in [5, 5.41) is 11.2. The van der Waals surface area contributed by atoms with E-state index in [0.29, 0.717) is 0 Å². The van der Waals surface area contributed by atoms with Crippen LogP contribution in [0.15, 0.2) is 29.2 Å². The Morgan fingerprint density at radius 1 is 1.00 bits per heavy atom. The lowest BCUT2D eigenvalue weighted by atomic mass is 10.0. The molecule has 0 radical (unpaired) electrons. The van der Waals surface area contributed by atoms with E-state index in [1.54, 1.807) is 24.3 Å². The van der Waals surface area contributed by atoms with Crippen molar-refractivity contribution in [3.63, 3.8) is 0 Å². The lowest BCUT2D eigenvalue weighted by molar-refractivity contribution is 0.153. The average molecular weight is 420 g/mol. The van der Waals surface area contributed by atoms with Crippen LogP contribution in [0.25, 0.3) is 0 Å². The smallest absolute Gasteiger partial charge is 0.243 e. The van der Waals surface area contributed by atoms with Gasteiger partial charge in [0.2, 0.25) is 15.6 Å². The molecule has 1 aromatic rings. The Hall–Kier alpha value is -1.36. The summed E-state index contributed by atoms with van der Waals surface area (Å²) in [5.74, 6) is 5.89. The van der Waals surface area contributed by atoms with E-state index >= 15 is 0 Å². The van der Waals surface area contributed by atoms with Crippen molar-refractivity contribution in [3.05, 3.63) is 29.8 Å². The first kappa shape index (κ1) is 21.9. The van der Waals surface area contributed by atoms with Crippen LogP contribution < -0.4 is 0 Å². The van der Waals surface area contributed by atoms with Crippen LogP contribution in [-0.2, 0) is 10.0 Å². The second-order valence-electron chi connectivity index (χ2n) is 9.17. The lowest BCUT2D eigenvalue weighted by Crippen LogP contribution is -2.37. The summed E-state index contributed by atoms with van der Waals surface area (Å²) < 4.78 is 27.1. The maximum atomic E-state index is 12.9. The highest BCUT2D eigenvalue weighted by molar-refractivity contribution is 7.89. The molecule has 27 heavy (non-hydrogen) atoms. The van der Waals surface area contributed by atoms with E-state index in [4.69, 9.17) is 0 Å². The highest BCUT2D eigenvalue weighted by atomic mass is 32.2. The molecule has 1 aromatic carbocycles. The molecule has 0 saturated carbocycles. The van der Waals surface area contributed by atoms with Crippen LogP contribution >= 0.6 is 0 Å². The highest BCUT2D eigenvalue weighted by Crippen LogP contribution is 2.35. The van der Waals surface area contributed by atoms with Gasteiger partial charge in [0.05, 0.1) is 10.9 Å². The van der Waals surface area contributed by atoms with Gasteiger partial charge in [-0.25, -0.2) is 8.42 Å². The van der Waals surface area contributed by atoms with Gasteiger partial charge in [0.15, 0.2) is 0 Å². The van der Waals surface area contributed by atoms with Crippen molar-refractivity contribution in [2.75, 3.05) is 6.54 Å². The third-order valence-corrected chi connectivity index (χ3v) is 7.57. The van der Waals surface area contributed by atoms with Crippen LogP contribution in [0.3, 0.4) is 0 Å². The Morgan fingerprint density at radius 2 is 1.44 bits per heavy atom. The molecule has 146 valence electrons. The Morgan fingerprint density at radius 3 is 1.85 bits per heavy atom. The molecule has 2 atom stereocenters. The van der Waals surface area contributed by atoms with Gasteiger partial charge in [-0.2, -0.15) is 4.31 Å². The first-order valence-electron chi connectivity index (χ1n) is 9.04. The summed E-state index contributed by atoms with van der Waals surface area (Å²) in [6, 6.07) is 6.11. The van der Waals surface area contributed by atoms with E-state index in [2.05, 4.69) is 62.2 Å². The van der Waals surface area contributed by atoms with Crippen LogP contribution in [0, 0.1) is 29.9 Å². The summed E-state index contributed by atoms with van der Waals surface area (Å²) in [7, 11) is -7.15. The van der Waals surface area contributed by atoms with Crippen LogP contribution in [-0.4, -0.2) is 52.2 Å².